The van der Waals surface area contributed by atoms with E-state index >= 15 is 0 Å². The molecule has 19 heavy (non-hydrogen) atoms. The molecule has 1 aliphatic rings. The second kappa shape index (κ2) is 5.54. The average molecular weight is 260 g/mol. The highest BCUT2D eigenvalue weighted by Gasteiger charge is 2.25. The molecule has 1 aromatic carbocycles. The standard InChI is InChI=1S/C17H28N2/c1-17(2,3)15-7-5-6-8-16(15)19(4)14-11-9-13(18)10-12-14/h5-8,13-14H,9-12,18H2,1-4H3. The van der Waals surface area contributed by atoms with E-state index < -0.39 is 0 Å². The molecule has 2 rings (SSSR count). The van der Waals surface area contributed by atoms with Gasteiger partial charge in [0.05, 0.1) is 0 Å². The van der Waals surface area contributed by atoms with Gasteiger partial charge in [-0.1, -0.05) is 39.0 Å². The van der Waals surface area contributed by atoms with Gasteiger partial charge in [-0.2, -0.15) is 0 Å². The maximum atomic E-state index is 6.02. The van der Waals surface area contributed by atoms with Crippen LogP contribution in [-0.2, 0) is 5.41 Å². The van der Waals surface area contributed by atoms with Crippen molar-refractivity contribution in [3.8, 4) is 0 Å². The Morgan fingerprint density at radius 2 is 1.63 bits per heavy atom. The largest absolute Gasteiger partial charge is 0.371 e. The fourth-order valence-electron chi connectivity index (χ4n) is 3.10. The number of para-hydroxylation sites is 1. The number of nitrogens with two attached hydrogens (primary N) is 1. The van der Waals surface area contributed by atoms with Gasteiger partial charge in [0, 0.05) is 24.8 Å². The van der Waals surface area contributed by atoms with Gasteiger partial charge < -0.3 is 10.6 Å². The smallest absolute Gasteiger partial charge is 0.0404 e. The fraction of sp³-hybridized carbons (Fsp3) is 0.647. The van der Waals surface area contributed by atoms with Crippen LogP contribution in [0.2, 0.25) is 0 Å². The topological polar surface area (TPSA) is 29.3 Å². The minimum Gasteiger partial charge on any atom is -0.371 e. The first-order chi connectivity index (χ1) is 8.89. The third-order valence-electron chi connectivity index (χ3n) is 4.38. The lowest BCUT2D eigenvalue weighted by Crippen LogP contribution is -2.39. The van der Waals surface area contributed by atoms with Crippen molar-refractivity contribution in [1.82, 2.24) is 0 Å². The van der Waals surface area contributed by atoms with E-state index in [0.29, 0.717) is 12.1 Å². The molecule has 2 nitrogen and oxygen atoms in total. The Kier molecular flexibility index (Phi) is 4.19. The molecule has 0 radical (unpaired) electrons. The van der Waals surface area contributed by atoms with Gasteiger partial charge in [0.25, 0.3) is 0 Å². The minimum atomic E-state index is 0.190. The highest BCUT2D eigenvalue weighted by molar-refractivity contribution is 5.56. The first-order valence-electron chi connectivity index (χ1n) is 7.47. The molecule has 1 aromatic rings. The number of hydrogen-bond acceptors (Lipinski definition) is 2. The minimum absolute atomic E-state index is 0.190. The van der Waals surface area contributed by atoms with E-state index in [-0.39, 0.29) is 5.41 Å². The lowest BCUT2D eigenvalue weighted by Gasteiger charge is -2.37. The lowest BCUT2D eigenvalue weighted by molar-refractivity contribution is 0.384. The van der Waals surface area contributed by atoms with E-state index in [1.54, 1.807) is 0 Å². The normalized spacial score (nSPS) is 24.3. The van der Waals surface area contributed by atoms with Crippen LogP contribution in [0.3, 0.4) is 0 Å². The van der Waals surface area contributed by atoms with Crippen LogP contribution in [-0.4, -0.2) is 19.1 Å². The SMILES string of the molecule is CN(c1ccccc1C(C)(C)C)C1CCC(N)CC1. The fourth-order valence-corrected chi connectivity index (χ4v) is 3.10. The van der Waals surface area contributed by atoms with Crippen molar-refractivity contribution in [2.75, 3.05) is 11.9 Å². The number of hydrogen-bond donors (Lipinski definition) is 1. The summed E-state index contributed by atoms with van der Waals surface area (Å²) >= 11 is 0. The molecule has 0 unspecified atom stereocenters. The molecule has 1 aliphatic carbocycles. The summed E-state index contributed by atoms with van der Waals surface area (Å²) in [5.74, 6) is 0. The monoisotopic (exact) mass is 260 g/mol. The van der Waals surface area contributed by atoms with E-state index in [1.807, 2.05) is 0 Å². The van der Waals surface area contributed by atoms with Gasteiger partial charge in [-0.05, 0) is 42.7 Å². The zero-order valence-corrected chi connectivity index (χ0v) is 12.8. The Morgan fingerprint density at radius 1 is 1.05 bits per heavy atom. The summed E-state index contributed by atoms with van der Waals surface area (Å²) in [6, 6.07) is 9.88. The molecule has 0 heterocycles. The third kappa shape index (κ3) is 3.30. The number of benzene rings is 1. The van der Waals surface area contributed by atoms with Gasteiger partial charge in [0.15, 0.2) is 0 Å². The van der Waals surface area contributed by atoms with Crippen molar-refractivity contribution >= 4 is 5.69 Å². The van der Waals surface area contributed by atoms with Crippen LogP contribution in [0.25, 0.3) is 0 Å². The van der Waals surface area contributed by atoms with Crippen molar-refractivity contribution < 1.29 is 0 Å². The van der Waals surface area contributed by atoms with E-state index in [2.05, 4.69) is 57.0 Å². The van der Waals surface area contributed by atoms with Gasteiger partial charge in [0.1, 0.15) is 0 Å². The molecule has 2 N–H and O–H groups in total. The molecular formula is C17H28N2. The van der Waals surface area contributed by atoms with Crippen LogP contribution < -0.4 is 10.6 Å². The summed E-state index contributed by atoms with van der Waals surface area (Å²) in [4.78, 5) is 2.48. The van der Waals surface area contributed by atoms with Crippen LogP contribution in [0.15, 0.2) is 24.3 Å². The molecule has 0 aromatic heterocycles. The molecule has 1 fully saturated rings. The summed E-state index contributed by atoms with van der Waals surface area (Å²) < 4.78 is 0. The maximum Gasteiger partial charge on any atom is 0.0404 e. The van der Waals surface area contributed by atoms with Gasteiger partial charge in [-0.3, -0.25) is 0 Å². The molecule has 106 valence electrons. The summed E-state index contributed by atoms with van der Waals surface area (Å²) in [6.45, 7) is 6.86. The Balaban J connectivity index is 2.22. The van der Waals surface area contributed by atoms with Gasteiger partial charge in [0.2, 0.25) is 0 Å². The first kappa shape index (κ1) is 14.4. The molecular weight excluding hydrogens is 232 g/mol. The van der Waals surface area contributed by atoms with Crippen molar-refractivity contribution in [2.24, 2.45) is 5.73 Å². The number of anilines is 1. The summed E-state index contributed by atoms with van der Waals surface area (Å²) in [5, 5.41) is 0. The molecule has 1 saturated carbocycles. The van der Waals surface area contributed by atoms with Crippen molar-refractivity contribution in [1.29, 1.82) is 0 Å². The Labute approximate surface area is 118 Å². The van der Waals surface area contributed by atoms with E-state index in [1.165, 1.54) is 24.1 Å². The van der Waals surface area contributed by atoms with E-state index in [0.717, 1.165) is 12.8 Å². The number of rotatable bonds is 2. The van der Waals surface area contributed by atoms with Crippen molar-refractivity contribution in [3.63, 3.8) is 0 Å². The highest BCUT2D eigenvalue weighted by Crippen LogP contribution is 2.34. The van der Waals surface area contributed by atoms with Gasteiger partial charge in [-0.15, -0.1) is 0 Å². The van der Waals surface area contributed by atoms with Crippen LogP contribution >= 0.6 is 0 Å². The summed E-state index contributed by atoms with van der Waals surface area (Å²) in [7, 11) is 2.24. The Bertz CT molecular complexity index is 412. The predicted octanol–water partition coefficient (Wildman–Crippen LogP) is 3.69. The van der Waals surface area contributed by atoms with Crippen LogP contribution in [0, 0.1) is 0 Å². The zero-order valence-electron chi connectivity index (χ0n) is 12.8. The second-order valence-corrected chi connectivity index (χ2v) is 6.95. The quantitative estimate of drug-likeness (QED) is 0.878. The third-order valence-corrected chi connectivity index (χ3v) is 4.38. The van der Waals surface area contributed by atoms with E-state index in [9.17, 15) is 0 Å². The molecule has 2 heteroatoms. The Morgan fingerprint density at radius 3 is 2.21 bits per heavy atom. The molecule has 0 aliphatic heterocycles. The number of nitrogens with zero attached hydrogens (tertiary/aromatic N) is 1. The van der Waals surface area contributed by atoms with E-state index in [4.69, 9.17) is 5.73 Å². The molecule has 0 bridgehead atoms. The van der Waals surface area contributed by atoms with Crippen molar-refractivity contribution in [3.05, 3.63) is 29.8 Å². The van der Waals surface area contributed by atoms with Crippen LogP contribution in [0.1, 0.15) is 52.0 Å². The molecule has 0 spiro atoms. The molecule has 0 saturated heterocycles. The van der Waals surface area contributed by atoms with Crippen molar-refractivity contribution in [2.45, 2.75) is 64.0 Å². The average Bonchev–Trinajstić information content (AvgIpc) is 2.38. The summed E-state index contributed by atoms with van der Waals surface area (Å²) in [5.41, 5.74) is 9.03. The van der Waals surface area contributed by atoms with Gasteiger partial charge >= 0.3 is 0 Å². The molecule has 0 atom stereocenters. The van der Waals surface area contributed by atoms with Crippen LogP contribution in [0.4, 0.5) is 5.69 Å². The Hall–Kier alpha value is -1.02. The summed E-state index contributed by atoms with van der Waals surface area (Å²) in [6.07, 6.45) is 4.76. The maximum absolute atomic E-state index is 6.02. The first-order valence-corrected chi connectivity index (χ1v) is 7.47. The lowest BCUT2D eigenvalue weighted by atomic mass is 9.84. The van der Waals surface area contributed by atoms with Crippen LogP contribution in [0.5, 0.6) is 0 Å². The van der Waals surface area contributed by atoms with Gasteiger partial charge in [-0.25, -0.2) is 0 Å². The zero-order chi connectivity index (χ0) is 14.0. The second-order valence-electron chi connectivity index (χ2n) is 6.95. The molecule has 0 amide bonds. The predicted molar refractivity (Wildman–Crippen MR) is 83.8 cm³/mol. The highest BCUT2D eigenvalue weighted by atomic mass is 15.1.